The van der Waals surface area contributed by atoms with E-state index in [4.69, 9.17) is 10.7 Å². The van der Waals surface area contributed by atoms with Gasteiger partial charge >= 0.3 is 0 Å². The largest absolute Gasteiger partial charge is 0.193 e. The average Bonchev–Trinajstić information content (AvgIpc) is 1.81. The molecule has 13 heavy (non-hydrogen) atoms. The molecule has 0 saturated carbocycles. The molecule has 0 aliphatic carbocycles. The summed E-state index contributed by atoms with van der Waals surface area (Å²) in [6.07, 6.45) is 4.66. The van der Waals surface area contributed by atoms with Crippen LogP contribution in [0.4, 0.5) is 0 Å². The van der Waals surface area contributed by atoms with Crippen molar-refractivity contribution in [2.45, 2.75) is 39.8 Å². The van der Waals surface area contributed by atoms with Crippen LogP contribution in [0.5, 0.6) is 0 Å². The average molecular weight is 245 g/mol. The Bertz CT molecular complexity index is 179. The van der Waals surface area contributed by atoms with E-state index >= 15 is 0 Å². The summed E-state index contributed by atoms with van der Waals surface area (Å²) in [4.78, 5) is 0. The van der Waals surface area contributed by atoms with Gasteiger partial charge in [-0.1, -0.05) is 0 Å². The molecule has 1 rings (SSSR count). The number of nitrogens with zero attached hydrogens (tertiary/aromatic N) is 2. The van der Waals surface area contributed by atoms with Gasteiger partial charge in [-0.3, -0.25) is 0 Å². The second kappa shape index (κ2) is 3.81. The third kappa shape index (κ3) is 1.84. The molecule has 0 radical (unpaired) electrons. The zero-order valence-electron chi connectivity index (χ0n) is 9.28. The van der Waals surface area contributed by atoms with Crippen LogP contribution in [-0.2, 0) is 0 Å². The quantitative estimate of drug-likeness (QED) is 0.745. The Morgan fingerprint density at radius 3 is 1.46 bits per heavy atom. The van der Waals surface area contributed by atoms with E-state index in [9.17, 15) is 0 Å². The van der Waals surface area contributed by atoms with Gasteiger partial charge in [-0.15, -0.1) is 10.4 Å². The van der Waals surface area contributed by atoms with E-state index in [1.165, 1.54) is 0 Å². The highest BCUT2D eigenvalue weighted by Gasteiger charge is 2.48. The molecular weight excluding hydrogens is 224 g/mol. The van der Waals surface area contributed by atoms with Crippen LogP contribution in [-0.4, -0.2) is 32.0 Å². The van der Waals surface area contributed by atoms with Crippen molar-refractivity contribution in [3.8, 4) is 0 Å². The monoisotopic (exact) mass is 244 g/mol. The zero-order chi connectivity index (χ0) is 10.4. The van der Waals surface area contributed by atoms with Gasteiger partial charge in [-0.2, -0.15) is 7.42 Å². The van der Waals surface area contributed by atoms with Crippen LogP contribution in [0.3, 0.4) is 0 Å². The minimum Gasteiger partial charge on any atom is -0.193 e. The van der Waals surface area contributed by atoms with E-state index in [-0.39, 0.29) is 0 Å². The van der Waals surface area contributed by atoms with Gasteiger partial charge in [-0.25, -0.2) is 0 Å². The Hall–Kier alpha value is 0.910. The smallest absolute Gasteiger partial charge is 0.0259 e. The van der Waals surface area contributed by atoms with Crippen molar-refractivity contribution in [1.82, 2.24) is 7.42 Å². The van der Waals surface area contributed by atoms with Crippen LogP contribution < -0.4 is 0 Å². The van der Waals surface area contributed by atoms with Crippen molar-refractivity contribution < 1.29 is 0 Å². The minimum atomic E-state index is -0.747. The summed E-state index contributed by atoms with van der Waals surface area (Å²) >= 11 is 0. The van der Waals surface area contributed by atoms with Crippen molar-refractivity contribution >= 4 is 31.6 Å². The summed E-state index contributed by atoms with van der Waals surface area (Å²) in [5.74, 6) is 0. The molecule has 0 aromatic rings. The molecule has 0 unspecified atom stereocenters. The molecule has 1 fully saturated rings. The molecular formula is C8H21ClN2S2. The van der Waals surface area contributed by atoms with Gasteiger partial charge in [-0.05, 0) is 61.4 Å². The van der Waals surface area contributed by atoms with Crippen LogP contribution in [0.2, 0.25) is 0 Å². The summed E-state index contributed by atoms with van der Waals surface area (Å²) < 4.78 is 4.95. The lowest BCUT2D eigenvalue weighted by molar-refractivity contribution is 0.460. The summed E-state index contributed by atoms with van der Waals surface area (Å²) in [7, 11) is 5.11. The number of hydrogen-bond acceptors (Lipinski definition) is 2. The van der Waals surface area contributed by atoms with E-state index in [1.54, 1.807) is 0 Å². The molecule has 82 valence electrons. The molecule has 2 nitrogen and oxygen atoms in total. The lowest BCUT2D eigenvalue weighted by Crippen LogP contribution is -2.52. The first-order valence-electron chi connectivity index (χ1n) is 4.58. The molecule has 0 amide bonds. The standard InChI is InChI=1S/C8H21ClN2S2/c1-7(2)10-12(9)11(8(3)4)13(10,5)6/h7-8,12H,1-6H3. The van der Waals surface area contributed by atoms with E-state index in [1.807, 2.05) is 0 Å². The van der Waals surface area contributed by atoms with Crippen molar-refractivity contribution in [3.05, 3.63) is 0 Å². The Labute approximate surface area is 91.3 Å². The topological polar surface area (TPSA) is 6.48 Å². The van der Waals surface area contributed by atoms with Gasteiger partial charge in [0.25, 0.3) is 0 Å². The number of halogens is 1. The van der Waals surface area contributed by atoms with Gasteiger partial charge in [0.1, 0.15) is 0 Å². The fourth-order valence-corrected chi connectivity index (χ4v) is 11.9. The Morgan fingerprint density at radius 1 is 1.00 bits per heavy atom. The lowest BCUT2D eigenvalue weighted by Gasteiger charge is -2.68. The van der Waals surface area contributed by atoms with Crippen LogP contribution in [0, 0.1) is 0 Å². The highest BCUT2D eigenvalue weighted by molar-refractivity contribution is 8.56. The van der Waals surface area contributed by atoms with Gasteiger partial charge in [0.05, 0.1) is 0 Å². The predicted octanol–water partition coefficient (Wildman–Crippen LogP) is 3.30. The molecule has 0 aromatic carbocycles. The fourth-order valence-electron chi connectivity index (χ4n) is 1.89. The first-order valence-corrected chi connectivity index (χ1v) is 9.09. The highest BCUT2D eigenvalue weighted by Crippen LogP contribution is 2.76. The minimum absolute atomic E-state index is 0.535. The van der Waals surface area contributed by atoms with Crippen LogP contribution in [0.1, 0.15) is 27.7 Å². The maximum Gasteiger partial charge on any atom is 0.0259 e. The summed E-state index contributed by atoms with van der Waals surface area (Å²) in [6, 6.07) is 1.15. The molecule has 1 aliphatic heterocycles. The van der Waals surface area contributed by atoms with Crippen LogP contribution >= 0.6 is 31.6 Å². The molecule has 1 heterocycles. The highest BCUT2D eigenvalue weighted by atomic mass is 35.7. The summed E-state index contributed by atoms with van der Waals surface area (Å²) in [6.45, 7) is 8.91. The van der Waals surface area contributed by atoms with Crippen LogP contribution in [0.25, 0.3) is 0 Å². The van der Waals surface area contributed by atoms with E-state index in [0.717, 1.165) is 0 Å². The fraction of sp³-hybridized carbons (Fsp3) is 1.00. The third-order valence-corrected chi connectivity index (χ3v) is 11.2. The maximum atomic E-state index is 6.39. The molecule has 1 aliphatic rings. The Balaban J connectivity index is 2.76. The van der Waals surface area contributed by atoms with Gasteiger partial charge in [0.15, 0.2) is 0 Å². The van der Waals surface area contributed by atoms with Gasteiger partial charge in [0, 0.05) is 12.1 Å². The predicted molar refractivity (Wildman–Crippen MR) is 68.2 cm³/mol. The zero-order valence-corrected chi connectivity index (χ0v) is 11.7. The van der Waals surface area contributed by atoms with Crippen molar-refractivity contribution in [3.63, 3.8) is 0 Å². The van der Waals surface area contributed by atoms with E-state index in [0.29, 0.717) is 12.1 Å². The van der Waals surface area contributed by atoms with Crippen molar-refractivity contribution in [1.29, 1.82) is 0 Å². The Kier molecular flexibility index (Phi) is 3.52. The summed E-state index contributed by atoms with van der Waals surface area (Å²) in [5.41, 5.74) is 0. The second-order valence-corrected chi connectivity index (χ2v) is 10.3. The molecule has 0 atom stereocenters. The van der Waals surface area contributed by atoms with E-state index < -0.39 is 20.9 Å². The maximum absolute atomic E-state index is 6.39. The molecule has 0 N–H and O–H groups in total. The molecule has 0 bridgehead atoms. The normalized spacial score (nSPS) is 29.5. The second-order valence-electron chi connectivity index (χ2n) is 4.25. The molecule has 5 heteroatoms. The van der Waals surface area contributed by atoms with Crippen molar-refractivity contribution in [2.75, 3.05) is 12.5 Å². The molecule has 0 aromatic heterocycles. The SMILES string of the molecule is CC(C)N1[SH](Cl)N(C(C)C)S1(C)C. The van der Waals surface area contributed by atoms with E-state index in [2.05, 4.69) is 47.6 Å². The first-order chi connectivity index (χ1) is 5.80. The molecule has 0 spiro atoms. The number of rotatable bonds is 2. The lowest BCUT2D eigenvalue weighted by atomic mass is 10.4. The van der Waals surface area contributed by atoms with Crippen molar-refractivity contribution in [2.24, 2.45) is 0 Å². The van der Waals surface area contributed by atoms with Gasteiger partial charge < -0.3 is 0 Å². The third-order valence-electron chi connectivity index (χ3n) is 2.12. The first kappa shape index (κ1) is 12.0. The Morgan fingerprint density at radius 2 is 1.31 bits per heavy atom. The van der Waals surface area contributed by atoms with Crippen LogP contribution in [0.15, 0.2) is 0 Å². The van der Waals surface area contributed by atoms with Gasteiger partial charge in [0.2, 0.25) is 0 Å². The number of thiol groups is 1. The molecule has 1 saturated heterocycles. The number of hydrogen-bond donors (Lipinski definition) is 1. The summed E-state index contributed by atoms with van der Waals surface area (Å²) in [5, 5.41) is 0.